The van der Waals surface area contributed by atoms with E-state index in [1.54, 1.807) is 19.2 Å². The molecule has 0 aromatic heterocycles. The first-order valence-corrected chi connectivity index (χ1v) is 9.33. The topological polar surface area (TPSA) is 86.1 Å². The number of para-hydroxylation sites is 2. The highest BCUT2D eigenvalue weighted by atomic mass is 16.5. The summed E-state index contributed by atoms with van der Waals surface area (Å²) >= 11 is 0. The summed E-state index contributed by atoms with van der Waals surface area (Å²) in [6.45, 7) is 1.75. The number of benzene rings is 2. The summed E-state index contributed by atoms with van der Waals surface area (Å²) in [5.74, 6) is 0.844. The van der Waals surface area contributed by atoms with Crippen molar-refractivity contribution in [2.24, 2.45) is 4.99 Å². The van der Waals surface area contributed by atoms with E-state index in [0.29, 0.717) is 12.2 Å². The molecule has 4 N–H and O–H groups in total. The van der Waals surface area contributed by atoms with E-state index in [-0.39, 0.29) is 17.5 Å². The van der Waals surface area contributed by atoms with Crippen LogP contribution in [0.4, 0.5) is 0 Å². The highest BCUT2D eigenvalue weighted by molar-refractivity contribution is 6.03. The van der Waals surface area contributed by atoms with Crippen molar-refractivity contribution in [2.75, 3.05) is 20.2 Å². The maximum absolute atomic E-state index is 10.7. The Morgan fingerprint density at radius 2 is 1.85 bits per heavy atom. The van der Waals surface area contributed by atoms with E-state index >= 15 is 0 Å². The number of aliphatic imine (C=N–C) groups is 1. The SMILES string of the molecule is COc1cccc(C2CC(c3ccccc3O)=NC3(CCNCC3)N2)c1O. The lowest BCUT2D eigenvalue weighted by atomic mass is 9.87. The van der Waals surface area contributed by atoms with Gasteiger partial charge in [-0.1, -0.05) is 24.3 Å². The Labute approximate surface area is 158 Å². The molecule has 6 nitrogen and oxygen atoms in total. The van der Waals surface area contributed by atoms with Crippen LogP contribution in [0.15, 0.2) is 47.5 Å². The number of phenolic OH excluding ortho intramolecular Hbond substituents is 2. The first kappa shape index (κ1) is 17.8. The van der Waals surface area contributed by atoms with Gasteiger partial charge in [-0.05, 0) is 44.1 Å². The number of ether oxygens (including phenoxy) is 1. The zero-order valence-corrected chi connectivity index (χ0v) is 15.4. The van der Waals surface area contributed by atoms with Gasteiger partial charge in [0, 0.05) is 29.3 Å². The second-order valence-corrected chi connectivity index (χ2v) is 7.16. The summed E-state index contributed by atoms with van der Waals surface area (Å²) in [6, 6.07) is 12.7. The Kier molecular flexibility index (Phi) is 4.76. The quantitative estimate of drug-likeness (QED) is 0.670. The average molecular weight is 367 g/mol. The molecular formula is C21H25N3O3. The molecule has 2 aliphatic rings. The van der Waals surface area contributed by atoms with Crippen LogP contribution >= 0.6 is 0 Å². The summed E-state index contributed by atoms with van der Waals surface area (Å²) in [6.07, 6.45) is 2.28. The van der Waals surface area contributed by atoms with Gasteiger partial charge in [0.25, 0.3) is 0 Å². The molecule has 1 unspecified atom stereocenters. The van der Waals surface area contributed by atoms with Crippen LogP contribution in [-0.4, -0.2) is 41.8 Å². The molecule has 6 heteroatoms. The number of nitrogens with one attached hydrogen (secondary N) is 2. The number of rotatable bonds is 3. The Balaban J connectivity index is 1.77. The van der Waals surface area contributed by atoms with Crippen molar-refractivity contribution in [2.45, 2.75) is 31.0 Å². The van der Waals surface area contributed by atoms with Gasteiger partial charge < -0.3 is 20.3 Å². The number of phenols is 2. The van der Waals surface area contributed by atoms with Gasteiger partial charge in [0.2, 0.25) is 0 Å². The highest BCUT2D eigenvalue weighted by Gasteiger charge is 2.39. The molecule has 1 spiro atoms. The molecule has 2 aliphatic heterocycles. The van der Waals surface area contributed by atoms with Crippen molar-refractivity contribution < 1.29 is 14.9 Å². The molecule has 0 saturated carbocycles. The molecule has 142 valence electrons. The van der Waals surface area contributed by atoms with Crippen LogP contribution in [-0.2, 0) is 0 Å². The number of aromatic hydroxyl groups is 2. The van der Waals surface area contributed by atoms with Crippen LogP contribution in [0.3, 0.4) is 0 Å². The van der Waals surface area contributed by atoms with Crippen LogP contribution < -0.4 is 15.4 Å². The lowest BCUT2D eigenvalue weighted by molar-refractivity contribution is 0.215. The minimum absolute atomic E-state index is 0.120. The van der Waals surface area contributed by atoms with Gasteiger partial charge in [-0.3, -0.25) is 10.3 Å². The minimum Gasteiger partial charge on any atom is -0.507 e. The largest absolute Gasteiger partial charge is 0.507 e. The normalized spacial score (nSPS) is 21.7. The number of hydrogen-bond donors (Lipinski definition) is 4. The molecule has 2 heterocycles. The first-order valence-electron chi connectivity index (χ1n) is 9.33. The molecular weight excluding hydrogens is 342 g/mol. The van der Waals surface area contributed by atoms with Crippen LogP contribution in [0.25, 0.3) is 0 Å². The molecule has 1 fully saturated rings. The van der Waals surface area contributed by atoms with E-state index < -0.39 is 5.66 Å². The predicted molar refractivity (Wildman–Crippen MR) is 105 cm³/mol. The molecule has 0 radical (unpaired) electrons. The monoisotopic (exact) mass is 367 g/mol. The van der Waals surface area contributed by atoms with Gasteiger partial charge in [-0.25, -0.2) is 0 Å². The Bertz CT molecular complexity index is 860. The van der Waals surface area contributed by atoms with Gasteiger partial charge in [-0.15, -0.1) is 0 Å². The fraction of sp³-hybridized carbons (Fsp3) is 0.381. The standard InChI is InChI=1S/C21H25N3O3/c1-27-19-8-4-6-15(20(19)26)17-13-16(14-5-2-3-7-18(14)25)23-21(24-17)9-11-22-12-10-21/h2-8,17,22,24-26H,9-13H2,1H3. The third-order valence-electron chi connectivity index (χ3n) is 5.46. The zero-order valence-electron chi connectivity index (χ0n) is 15.4. The van der Waals surface area contributed by atoms with Crippen molar-refractivity contribution in [1.82, 2.24) is 10.6 Å². The van der Waals surface area contributed by atoms with Crippen molar-refractivity contribution in [1.29, 1.82) is 0 Å². The minimum atomic E-state index is -0.401. The molecule has 0 amide bonds. The number of piperidine rings is 1. The molecule has 0 bridgehead atoms. The van der Waals surface area contributed by atoms with E-state index in [9.17, 15) is 10.2 Å². The zero-order chi connectivity index (χ0) is 18.9. The van der Waals surface area contributed by atoms with Crippen molar-refractivity contribution in [3.05, 3.63) is 53.6 Å². The highest BCUT2D eigenvalue weighted by Crippen LogP contribution is 2.40. The number of nitrogens with zero attached hydrogens (tertiary/aromatic N) is 1. The number of methoxy groups -OCH3 is 1. The van der Waals surface area contributed by atoms with E-state index in [0.717, 1.165) is 42.8 Å². The smallest absolute Gasteiger partial charge is 0.162 e. The Morgan fingerprint density at radius 3 is 2.59 bits per heavy atom. The molecule has 1 atom stereocenters. The van der Waals surface area contributed by atoms with Gasteiger partial charge in [0.15, 0.2) is 11.5 Å². The van der Waals surface area contributed by atoms with Crippen LogP contribution in [0.2, 0.25) is 0 Å². The third kappa shape index (κ3) is 3.38. The van der Waals surface area contributed by atoms with Crippen molar-refractivity contribution in [3.8, 4) is 17.2 Å². The molecule has 27 heavy (non-hydrogen) atoms. The van der Waals surface area contributed by atoms with Crippen molar-refractivity contribution >= 4 is 5.71 Å². The van der Waals surface area contributed by atoms with Gasteiger partial charge in [-0.2, -0.15) is 0 Å². The van der Waals surface area contributed by atoms with Gasteiger partial charge in [0.05, 0.1) is 7.11 Å². The average Bonchev–Trinajstić information content (AvgIpc) is 2.68. The van der Waals surface area contributed by atoms with Crippen LogP contribution in [0.1, 0.15) is 36.4 Å². The summed E-state index contributed by atoms with van der Waals surface area (Å²) < 4.78 is 5.29. The maximum Gasteiger partial charge on any atom is 0.162 e. The first-order chi connectivity index (χ1) is 13.1. The molecule has 4 rings (SSSR count). The van der Waals surface area contributed by atoms with E-state index in [2.05, 4.69) is 10.6 Å². The van der Waals surface area contributed by atoms with Gasteiger partial charge >= 0.3 is 0 Å². The summed E-state index contributed by atoms with van der Waals surface area (Å²) in [5.41, 5.74) is 2.00. The van der Waals surface area contributed by atoms with Crippen molar-refractivity contribution in [3.63, 3.8) is 0 Å². The van der Waals surface area contributed by atoms with E-state index in [4.69, 9.17) is 9.73 Å². The Hall–Kier alpha value is -2.57. The summed E-state index contributed by atoms with van der Waals surface area (Å²) in [7, 11) is 1.55. The lowest BCUT2D eigenvalue weighted by Gasteiger charge is -2.42. The molecule has 2 aromatic rings. The predicted octanol–water partition coefficient (Wildman–Crippen LogP) is 2.71. The molecule has 2 aromatic carbocycles. The van der Waals surface area contributed by atoms with E-state index in [1.165, 1.54) is 0 Å². The summed E-state index contributed by atoms with van der Waals surface area (Å²) in [5, 5.41) is 28.1. The Morgan fingerprint density at radius 1 is 1.07 bits per heavy atom. The van der Waals surface area contributed by atoms with Gasteiger partial charge in [0.1, 0.15) is 11.4 Å². The number of hydrogen-bond acceptors (Lipinski definition) is 6. The summed E-state index contributed by atoms with van der Waals surface area (Å²) in [4.78, 5) is 5.04. The maximum atomic E-state index is 10.7. The van der Waals surface area contributed by atoms with E-state index in [1.807, 2.05) is 30.3 Å². The second kappa shape index (κ2) is 7.21. The van der Waals surface area contributed by atoms with Crippen LogP contribution in [0, 0.1) is 0 Å². The fourth-order valence-corrected chi connectivity index (χ4v) is 4.06. The fourth-order valence-electron chi connectivity index (χ4n) is 4.06. The third-order valence-corrected chi connectivity index (χ3v) is 5.46. The lowest BCUT2D eigenvalue weighted by Crippen LogP contribution is -2.55. The second-order valence-electron chi connectivity index (χ2n) is 7.16. The molecule has 0 aliphatic carbocycles. The van der Waals surface area contributed by atoms with Crippen LogP contribution in [0.5, 0.6) is 17.2 Å². The molecule has 1 saturated heterocycles.